The lowest BCUT2D eigenvalue weighted by Gasteiger charge is -2.25. The van der Waals surface area contributed by atoms with Gasteiger partial charge in [-0.3, -0.25) is 15.1 Å². The number of nitrogen functional groups attached to an aromatic ring is 1. The molecule has 0 radical (unpaired) electrons. The maximum atomic E-state index is 11.6. The molecular formula is C15H21N3OS2. The van der Waals surface area contributed by atoms with E-state index in [0.717, 1.165) is 13.1 Å². The Morgan fingerprint density at radius 3 is 2.76 bits per heavy atom. The lowest BCUT2D eigenvalue weighted by molar-refractivity contribution is 0.0957. The minimum absolute atomic E-state index is 0.219. The number of hydrazine groups is 1. The van der Waals surface area contributed by atoms with Crippen LogP contribution in [0.4, 0.5) is 0 Å². The van der Waals surface area contributed by atoms with Gasteiger partial charge in [0.1, 0.15) is 0 Å². The summed E-state index contributed by atoms with van der Waals surface area (Å²) in [5, 5.41) is 2.10. The van der Waals surface area contributed by atoms with Crippen molar-refractivity contribution < 1.29 is 4.79 Å². The first kappa shape index (κ1) is 16.2. The molecule has 0 unspecified atom stereocenters. The summed E-state index contributed by atoms with van der Waals surface area (Å²) in [5.41, 5.74) is 3.39. The van der Waals surface area contributed by atoms with Crippen molar-refractivity contribution in [3.63, 3.8) is 0 Å². The highest BCUT2D eigenvalue weighted by molar-refractivity contribution is 7.14. The first-order chi connectivity index (χ1) is 10.0. The van der Waals surface area contributed by atoms with Crippen LogP contribution in [0.5, 0.6) is 0 Å². The summed E-state index contributed by atoms with van der Waals surface area (Å²) in [4.78, 5) is 17.2. The van der Waals surface area contributed by atoms with Crippen LogP contribution in [0.1, 0.15) is 38.8 Å². The van der Waals surface area contributed by atoms with Crippen molar-refractivity contribution in [3.05, 3.63) is 43.8 Å². The number of rotatable bonds is 6. The molecule has 0 spiro atoms. The molecule has 0 saturated heterocycles. The molecule has 6 heteroatoms. The van der Waals surface area contributed by atoms with Gasteiger partial charge >= 0.3 is 0 Å². The molecule has 4 nitrogen and oxygen atoms in total. The Balaban J connectivity index is 2.13. The lowest BCUT2D eigenvalue weighted by Crippen LogP contribution is -2.30. The number of aryl methyl sites for hydroxylation is 1. The average Bonchev–Trinajstić information content (AvgIpc) is 3.07. The molecule has 0 aliphatic heterocycles. The monoisotopic (exact) mass is 323 g/mol. The largest absolute Gasteiger partial charge is 0.292 e. The summed E-state index contributed by atoms with van der Waals surface area (Å²) in [5.74, 6) is 4.98. The van der Waals surface area contributed by atoms with Gasteiger partial charge in [0.25, 0.3) is 5.91 Å². The first-order valence-electron chi connectivity index (χ1n) is 6.88. The summed E-state index contributed by atoms with van der Waals surface area (Å²) in [6.45, 7) is 8.22. The van der Waals surface area contributed by atoms with E-state index in [1.54, 1.807) is 11.3 Å². The Hall–Kier alpha value is -1.21. The second-order valence-electron chi connectivity index (χ2n) is 5.24. The molecule has 2 aromatic rings. The van der Waals surface area contributed by atoms with E-state index in [2.05, 4.69) is 48.6 Å². The molecule has 2 heterocycles. The van der Waals surface area contributed by atoms with Crippen LogP contribution in [0.25, 0.3) is 0 Å². The van der Waals surface area contributed by atoms with Gasteiger partial charge in [0, 0.05) is 28.9 Å². The topological polar surface area (TPSA) is 58.4 Å². The Morgan fingerprint density at radius 1 is 1.43 bits per heavy atom. The maximum absolute atomic E-state index is 11.6. The number of carbonyl (C=O) groups excluding carboxylic acids is 1. The predicted molar refractivity (Wildman–Crippen MR) is 89.4 cm³/mol. The number of carbonyl (C=O) groups is 1. The summed E-state index contributed by atoms with van der Waals surface area (Å²) in [6.07, 6.45) is 0. The van der Waals surface area contributed by atoms with Gasteiger partial charge in [-0.05, 0) is 43.8 Å². The fourth-order valence-electron chi connectivity index (χ4n) is 2.10. The molecule has 2 rings (SSSR count). The lowest BCUT2D eigenvalue weighted by atomic mass is 10.2. The zero-order valence-corrected chi connectivity index (χ0v) is 14.2. The van der Waals surface area contributed by atoms with Crippen LogP contribution in [-0.2, 0) is 13.1 Å². The van der Waals surface area contributed by atoms with E-state index in [0.29, 0.717) is 10.9 Å². The van der Waals surface area contributed by atoms with Gasteiger partial charge in [0.2, 0.25) is 0 Å². The Morgan fingerprint density at radius 2 is 2.19 bits per heavy atom. The van der Waals surface area contributed by atoms with Gasteiger partial charge < -0.3 is 0 Å². The van der Waals surface area contributed by atoms with Crippen LogP contribution in [0.15, 0.2) is 23.6 Å². The van der Waals surface area contributed by atoms with E-state index < -0.39 is 0 Å². The SMILES string of the molecule is Cc1sc(C(=O)NN)cc1CN(Cc1cccs1)C(C)C. The highest BCUT2D eigenvalue weighted by Crippen LogP contribution is 2.25. The summed E-state index contributed by atoms with van der Waals surface area (Å²) < 4.78 is 0. The third-order valence-electron chi connectivity index (χ3n) is 3.42. The van der Waals surface area contributed by atoms with E-state index in [-0.39, 0.29) is 5.91 Å². The molecule has 114 valence electrons. The second kappa shape index (κ2) is 7.17. The normalized spacial score (nSPS) is 11.3. The molecule has 0 atom stereocenters. The van der Waals surface area contributed by atoms with Crippen molar-refractivity contribution in [3.8, 4) is 0 Å². The second-order valence-corrected chi connectivity index (χ2v) is 7.53. The van der Waals surface area contributed by atoms with Crippen LogP contribution >= 0.6 is 22.7 Å². The molecule has 0 aliphatic carbocycles. The van der Waals surface area contributed by atoms with Crippen LogP contribution < -0.4 is 11.3 Å². The minimum atomic E-state index is -0.219. The quantitative estimate of drug-likeness (QED) is 0.488. The third kappa shape index (κ3) is 4.14. The third-order valence-corrected chi connectivity index (χ3v) is 5.37. The molecule has 3 N–H and O–H groups in total. The molecule has 0 bridgehead atoms. The van der Waals surface area contributed by atoms with Crippen molar-refractivity contribution in [2.75, 3.05) is 0 Å². The Labute approximate surface area is 133 Å². The molecule has 0 saturated carbocycles. The van der Waals surface area contributed by atoms with Gasteiger partial charge in [-0.15, -0.1) is 22.7 Å². The van der Waals surface area contributed by atoms with Crippen molar-refractivity contribution in [1.29, 1.82) is 0 Å². The number of hydrogen-bond acceptors (Lipinski definition) is 5. The van der Waals surface area contributed by atoms with E-state index in [1.165, 1.54) is 26.7 Å². The Bertz CT molecular complexity index is 590. The predicted octanol–water partition coefficient (Wildman–Crippen LogP) is 3.13. The fraction of sp³-hybridized carbons (Fsp3) is 0.400. The van der Waals surface area contributed by atoms with Gasteiger partial charge in [-0.25, -0.2) is 5.84 Å². The smallest absolute Gasteiger partial charge is 0.275 e. The zero-order valence-electron chi connectivity index (χ0n) is 12.6. The molecule has 0 fully saturated rings. The molecule has 1 amide bonds. The Kier molecular flexibility index (Phi) is 5.52. The minimum Gasteiger partial charge on any atom is -0.292 e. The van der Waals surface area contributed by atoms with Crippen molar-refractivity contribution in [1.82, 2.24) is 10.3 Å². The fourth-order valence-corrected chi connectivity index (χ4v) is 3.77. The van der Waals surface area contributed by atoms with E-state index >= 15 is 0 Å². The van der Waals surface area contributed by atoms with Gasteiger partial charge in [-0.1, -0.05) is 6.07 Å². The van der Waals surface area contributed by atoms with Crippen molar-refractivity contribution in [2.24, 2.45) is 5.84 Å². The van der Waals surface area contributed by atoms with Crippen molar-refractivity contribution in [2.45, 2.75) is 39.9 Å². The van der Waals surface area contributed by atoms with E-state index in [9.17, 15) is 4.79 Å². The number of thiophene rings is 2. The van der Waals surface area contributed by atoms with E-state index in [1.807, 2.05) is 6.07 Å². The van der Waals surface area contributed by atoms with Crippen molar-refractivity contribution >= 4 is 28.6 Å². The van der Waals surface area contributed by atoms with Crippen LogP contribution in [-0.4, -0.2) is 16.8 Å². The summed E-state index contributed by atoms with van der Waals surface area (Å²) in [6, 6.07) is 6.64. The highest BCUT2D eigenvalue weighted by atomic mass is 32.1. The molecule has 21 heavy (non-hydrogen) atoms. The van der Waals surface area contributed by atoms with E-state index in [4.69, 9.17) is 5.84 Å². The summed E-state index contributed by atoms with van der Waals surface area (Å²) >= 11 is 3.27. The standard InChI is InChI=1S/C15H21N3OS2/c1-10(2)18(9-13-5-4-6-20-13)8-12-7-14(15(19)17-16)21-11(12)3/h4-7,10H,8-9,16H2,1-3H3,(H,17,19). The number of nitrogens with zero attached hydrogens (tertiary/aromatic N) is 1. The number of nitrogens with one attached hydrogen (secondary N) is 1. The first-order valence-corrected chi connectivity index (χ1v) is 8.57. The molecular weight excluding hydrogens is 302 g/mol. The van der Waals surface area contributed by atoms with Crippen LogP contribution in [0.3, 0.4) is 0 Å². The molecule has 2 aromatic heterocycles. The zero-order chi connectivity index (χ0) is 15.4. The van der Waals surface area contributed by atoms with Gasteiger partial charge in [0.15, 0.2) is 0 Å². The van der Waals surface area contributed by atoms with Crippen LogP contribution in [0, 0.1) is 6.92 Å². The number of hydrogen-bond donors (Lipinski definition) is 2. The maximum Gasteiger partial charge on any atom is 0.275 e. The average molecular weight is 323 g/mol. The molecule has 0 aliphatic rings. The van der Waals surface area contributed by atoms with Gasteiger partial charge in [-0.2, -0.15) is 0 Å². The summed E-state index contributed by atoms with van der Waals surface area (Å²) in [7, 11) is 0. The highest BCUT2D eigenvalue weighted by Gasteiger charge is 2.16. The van der Waals surface area contributed by atoms with Crippen LogP contribution in [0.2, 0.25) is 0 Å². The number of amides is 1. The molecule has 0 aromatic carbocycles. The van der Waals surface area contributed by atoms with Gasteiger partial charge in [0.05, 0.1) is 4.88 Å². The number of nitrogens with two attached hydrogens (primary N) is 1.